The highest BCUT2D eigenvalue weighted by Gasteiger charge is 2.10. The Morgan fingerprint density at radius 3 is 2.57 bits per heavy atom. The molecule has 21 heavy (non-hydrogen) atoms. The molecule has 0 radical (unpaired) electrons. The van der Waals surface area contributed by atoms with Crippen LogP contribution in [-0.2, 0) is 20.7 Å². The summed E-state index contributed by atoms with van der Waals surface area (Å²) >= 11 is 7.84. The molecule has 1 N–H and O–H groups in total. The van der Waals surface area contributed by atoms with Crippen molar-refractivity contribution in [3.05, 3.63) is 44.3 Å². The van der Waals surface area contributed by atoms with E-state index < -0.39 is 11.9 Å². The van der Waals surface area contributed by atoms with E-state index >= 15 is 0 Å². The zero-order valence-electron chi connectivity index (χ0n) is 10.6. The van der Waals surface area contributed by atoms with Crippen molar-refractivity contribution in [2.24, 2.45) is 0 Å². The van der Waals surface area contributed by atoms with Crippen LogP contribution in [0.3, 0.4) is 0 Å². The van der Waals surface area contributed by atoms with E-state index in [0.717, 1.165) is 13.8 Å². The molecule has 1 amide bonds. The van der Waals surface area contributed by atoms with E-state index in [-0.39, 0.29) is 13.0 Å². The molecule has 8 heteroatoms. The number of nitrogens with zero attached hydrogens (tertiary/aromatic N) is 1. The van der Waals surface area contributed by atoms with Crippen LogP contribution < -0.4 is 5.32 Å². The van der Waals surface area contributed by atoms with Gasteiger partial charge in [-0.25, -0.2) is 4.98 Å². The van der Waals surface area contributed by atoms with Gasteiger partial charge in [-0.15, -0.1) is 0 Å². The molecule has 1 aromatic carbocycles. The molecule has 1 heterocycles. The highest BCUT2D eigenvalue weighted by Crippen LogP contribution is 2.22. The lowest BCUT2D eigenvalue weighted by Crippen LogP contribution is -2.21. The summed E-state index contributed by atoms with van der Waals surface area (Å²) in [5.74, 6) is -0.867. The van der Waals surface area contributed by atoms with Crippen molar-refractivity contribution >= 4 is 60.2 Å². The Balaban J connectivity index is 1.75. The van der Waals surface area contributed by atoms with E-state index in [0.29, 0.717) is 5.13 Å². The van der Waals surface area contributed by atoms with Crippen LogP contribution in [0.25, 0.3) is 0 Å². The average Bonchev–Trinajstić information content (AvgIpc) is 2.84. The Kier molecular flexibility index (Phi) is 5.89. The van der Waals surface area contributed by atoms with Gasteiger partial charge < -0.3 is 4.74 Å². The van der Waals surface area contributed by atoms with Gasteiger partial charge in [0.2, 0.25) is 0 Å². The number of thiazole rings is 1. The molecule has 0 aliphatic rings. The summed E-state index contributed by atoms with van der Waals surface area (Å²) in [5, 5.41) is 3.00. The van der Waals surface area contributed by atoms with E-state index in [1.165, 1.54) is 11.3 Å². The standard InChI is InChI=1S/C13H10Br2N2O3S/c14-9-3-1-8(2-4-9)5-12(19)20-7-11(18)17-13-16-6-10(15)21-13/h1-4,6H,5,7H2,(H,16,17,18). The third-order valence-corrected chi connectivity index (χ3v) is 4.27. The molecule has 0 aliphatic carbocycles. The Hall–Kier alpha value is -1.25. The van der Waals surface area contributed by atoms with Gasteiger partial charge in [0.25, 0.3) is 5.91 Å². The van der Waals surface area contributed by atoms with Crippen molar-refractivity contribution in [2.45, 2.75) is 6.42 Å². The van der Waals surface area contributed by atoms with E-state index in [4.69, 9.17) is 4.74 Å². The molecule has 0 aliphatic heterocycles. The SMILES string of the molecule is O=C(COC(=O)Cc1ccc(Br)cc1)Nc1ncc(Br)s1. The van der Waals surface area contributed by atoms with E-state index in [1.54, 1.807) is 6.20 Å². The molecule has 0 saturated heterocycles. The fourth-order valence-electron chi connectivity index (χ4n) is 1.43. The zero-order chi connectivity index (χ0) is 15.2. The predicted molar refractivity (Wildman–Crippen MR) is 87.2 cm³/mol. The number of aromatic nitrogens is 1. The second-order valence-electron chi connectivity index (χ2n) is 3.98. The summed E-state index contributed by atoms with van der Waals surface area (Å²) in [7, 11) is 0. The Bertz CT molecular complexity index is 643. The van der Waals surface area contributed by atoms with Crippen LogP contribution in [0.2, 0.25) is 0 Å². The molecule has 2 rings (SSSR count). The minimum atomic E-state index is -0.451. The number of carbonyl (C=O) groups is 2. The molecule has 0 fully saturated rings. The number of carbonyl (C=O) groups excluding carboxylic acids is 2. The number of esters is 1. The van der Waals surface area contributed by atoms with E-state index in [9.17, 15) is 9.59 Å². The molecule has 2 aromatic rings. The maximum atomic E-state index is 11.6. The Morgan fingerprint density at radius 2 is 1.95 bits per heavy atom. The van der Waals surface area contributed by atoms with Crippen LogP contribution in [0, 0.1) is 0 Å². The molecule has 0 unspecified atom stereocenters. The highest BCUT2D eigenvalue weighted by atomic mass is 79.9. The molecule has 5 nitrogen and oxygen atoms in total. The van der Waals surface area contributed by atoms with Crippen molar-refractivity contribution < 1.29 is 14.3 Å². The number of ether oxygens (including phenoxy) is 1. The number of anilines is 1. The van der Waals surface area contributed by atoms with Gasteiger partial charge in [-0.1, -0.05) is 39.4 Å². The lowest BCUT2D eigenvalue weighted by Gasteiger charge is -2.05. The van der Waals surface area contributed by atoms with Crippen LogP contribution in [-0.4, -0.2) is 23.5 Å². The third-order valence-electron chi connectivity index (χ3n) is 2.35. The third kappa shape index (κ3) is 5.56. The summed E-state index contributed by atoms with van der Waals surface area (Å²) in [6.45, 7) is -0.327. The first-order valence-corrected chi connectivity index (χ1v) is 8.24. The van der Waals surface area contributed by atoms with Crippen molar-refractivity contribution in [3.8, 4) is 0 Å². The number of hydrogen-bond donors (Lipinski definition) is 1. The fraction of sp³-hybridized carbons (Fsp3) is 0.154. The van der Waals surface area contributed by atoms with Crippen molar-refractivity contribution in [1.29, 1.82) is 0 Å². The quantitative estimate of drug-likeness (QED) is 0.733. The maximum absolute atomic E-state index is 11.6. The molecule has 0 atom stereocenters. The number of amides is 1. The van der Waals surface area contributed by atoms with Crippen molar-refractivity contribution in [2.75, 3.05) is 11.9 Å². The zero-order valence-corrected chi connectivity index (χ0v) is 14.6. The second-order valence-corrected chi connectivity index (χ2v) is 7.31. The molecule has 0 spiro atoms. The molecule has 110 valence electrons. The van der Waals surface area contributed by atoms with Gasteiger partial charge in [-0.3, -0.25) is 14.9 Å². The lowest BCUT2D eigenvalue weighted by atomic mass is 10.2. The molecular formula is C13H10Br2N2O3S. The minimum absolute atomic E-state index is 0.128. The Morgan fingerprint density at radius 1 is 1.24 bits per heavy atom. The fourth-order valence-corrected chi connectivity index (χ4v) is 2.82. The molecule has 0 saturated carbocycles. The molecule has 0 bridgehead atoms. The van der Waals surface area contributed by atoms with Crippen LogP contribution in [0.4, 0.5) is 5.13 Å². The molecule has 1 aromatic heterocycles. The van der Waals surface area contributed by atoms with Crippen molar-refractivity contribution in [1.82, 2.24) is 4.98 Å². The average molecular weight is 434 g/mol. The van der Waals surface area contributed by atoms with Gasteiger partial charge in [0, 0.05) is 4.47 Å². The van der Waals surface area contributed by atoms with Gasteiger partial charge in [0.1, 0.15) is 0 Å². The van der Waals surface area contributed by atoms with Gasteiger partial charge in [0.15, 0.2) is 11.7 Å². The van der Waals surface area contributed by atoms with Crippen LogP contribution in [0.5, 0.6) is 0 Å². The smallest absolute Gasteiger partial charge is 0.310 e. The van der Waals surface area contributed by atoms with Gasteiger partial charge in [-0.2, -0.15) is 0 Å². The predicted octanol–water partition coefficient (Wildman–Crippen LogP) is 3.39. The largest absolute Gasteiger partial charge is 0.455 e. The molecular weight excluding hydrogens is 424 g/mol. The first-order valence-electron chi connectivity index (χ1n) is 5.84. The van der Waals surface area contributed by atoms with Gasteiger partial charge in [0.05, 0.1) is 16.4 Å². The normalized spacial score (nSPS) is 10.2. The van der Waals surface area contributed by atoms with Gasteiger partial charge in [-0.05, 0) is 33.6 Å². The Labute approximate surface area is 142 Å². The van der Waals surface area contributed by atoms with Gasteiger partial charge >= 0.3 is 5.97 Å². The van der Waals surface area contributed by atoms with Crippen molar-refractivity contribution in [3.63, 3.8) is 0 Å². The van der Waals surface area contributed by atoms with E-state index in [2.05, 4.69) is 42.2 Å². The number of rotatable bonds is 5. The lowest BCUT2D eigenvalue weighted by molar-refractivity contribution is -0.146. The first kappa shape index (κ1) is 16.1. The van der Waals surface area contributed by atoms with Crippen LogP contribution in [0.1, 0.15) is 5.56 Å². The van der Waals surface area contributed by atoms with E-state index in [1.807, 2.05) is 24.3 Å². The van der Waals surface area contributed by atoms with Crippen LogP contribution >= 0.6 is 43.2 Å². The summed E-state index contributed by atoms with van der Waals surface area (Å²) in [5.41, 5.74) is 0.826. The summed E-state index contributed by atoms with van der Waals surface area (Å²) in [6, 6.07) is 7.32. The minimum Gasteiger partial charge on any atom is -0.455 e. The number of nitrogens with one attached hydrogen (secondary N) is 1. The first-order chi connectivity index (χ1) is 10.0. The number of hydrogen-bond acceptors (Lipinski definition) is 5. The maximum Gasteiger partial charge on any atom is 0.310 e. The summed E-state index contributed by atoms with van der Waals surface area (Å²) in [6.07, 6.45) is 1.71. The topological polar surface area (TPSA) is 68.3 Å². The summed E-state index contributed by atoms with van der Waals surface area (Å²) in [4.78, 5) is 27.2. The second kappa shape index (κ2) is 7.67. The number of benzene rings is 1. The highest BCUT2D eigenvalue weighted by molar-refractivity contribution is 9.11. The van der Waals surface area contributed by atoms with Crippen LogP contribution in [0.15, 0.2) is 38.7 Å². The number of halogens is 2. The summed E-state index contributed by atoms with van der Waals surface area (Å²) < 4.78 is 6.67. The monoisotopic (exact) mass is 432 g/mol.